The zero-order chi connectivity index (χ0) is 11.9. The van der Waals surface area contributed by atoms with Gasteiger partial charge in [-0.15, -0.1) is 6.42 Å². The molecule has 6 heteroatoms. The normalized spacial score (nSPS) is 9.28. The molecule has 2 nitrogen and oxygen atoms in total. The quantitative estimate of drug-likeness (QED) is 0.332. The van der Waals surface area contributed by atoms with E-state index in [-0.39, 0.29) is 50.7 Å². The fraction of sp³-hybridized carbons (Fsp3) is 0.583. The van der Waals surface area contributed by atoms with Crippen LogP contribution in [0.25, 0.3) is 5.73 Å². The standard InChI is InChI=1S/C5H11NO.C5H5.C2H7Si.2ClH.Hf/c1-2-3-4-5(6)7;1-2-4-5-3-1;1-3-2;;;/h2-4H2,1H3,(H2,6,7);1-3H,4H2;3H,1-2H3;2*1H;/q;-1;;;;+4/p-3. The second-order valence-corrected chi connectivity index (χ2v) is 4.26. The Hall–Kier alpha value is 0.617. The maximum Gasteiger partial charge on any atom is 4.00 e. The van der Waals surface area contributed by atoms with Gasteiger partial charge < -0.3 is 35.3 Å². The van der Waals surface area contributed by atoms with Crippen LogP contribution in [0, 0.1) is 6.08 Å². The van der Waals surface area contributed by atoms with Crippen LogP contribution in [0.4, 0.5) is 0 Å². The molecule has 0 aromatic heterocycles. The summed E-state index contributed by atoms with van der Waals surface area (Å²) in [6.07, 6.45) is 12.3. The molecule has 0 atom stereocenters. The topological polar surface area (TPSA) is 40.9 Å². The summed E-state index contributed by atoms with van der Waals surface area (Å²) < 4.78 is 0. The van der Waals surface area contributed by atoms with Gasteiger partial charge in [-0.2, -0.15) is 6.08 Å². The van der Waals surface area contributed by atoms with Crippen LogP contribution < -0.4 is 24.8 Å². The molecule has 0 aromatic rings. The van der Waals surface area contributed by atoms with Crippen LogP contribution >= 0.6 is 0 Å². The van der Waals surface area contributed by atoms with Crippen molar-refractivity contribution >= 4 is 15.4 Å². The van der Waals surface area contributed by atoms with Crippen molar-refractivity contribution in [1.82, 2.24) is 0 Å². The number of allylic oxidation sites excluding steroid dienone is 4. The molecule has 0 heterocycles. The summed E-state index contributed by atoms with van der Waals surface area (Å²) in [6.45, 7) is 6.42. The molecule has 0 fully saturated rings. The van der Waals surface area contributed by atoms with E-state index in [1.807, 2.05) is 19.1 Å². The Labute approximate surface area is 146 Å². The van der Waals surface area contributed by atoms with Crippen LogP contribution in [0.5, 0.6) is 0 Å². The number of hydrogen-bond donors (Lipinski definition) is 0. The van der Waals surface area contributed by atoms with E-state index < -0.39 is 5.91 Å². The van der Waals surface area contributed by atoms with Gasteiger partial charge in [-0.3, -0.25) is 6.08 Å². The maximum absolute atomic E-state index is 9.87. The van der Waals surface area contributed by atoms with Crippen molar-refractivity contribution in [3.05, 3.63) is 30.0 Å². The second kappa shape index (κ2) is 30.6. The summed E-state index contributed by atoms with van der Waals surface area (Å²) in [5.41, 5.74) is 6.44. The van der Waals surface area contributed by atoms with Crippen LogP contribution in [0.15, 0.2) is 18.2 Å². The largest absolute Gasteiger partial charge is 4.00 e. The monoisotopic (exact) mass is 474 g/mol. The smallest absolute Gasteiger partial charge is 1.00 e. The van der Waals surface area contributed by atoms with Crippen molar-refractivity contribution in [3.8, 4) is 0 Å². The number of carbonyl (C=O) groups is 1. The van der Waals surface area contributed by atoms with E-state index in [1.54, 1.807) is 0 Å². The number of amides is 1. The van der Waals surface area contributed by atoms with Gasteiger partial charge in [0.25, 0.3) is 0 Å². The molecule has 1 aliphatic carbocycles. The minimum absolute atomic E-state index is 0. The number of halogens is 2. The van der Waals surface area contributed by atoms with Crippen LogP contribution in [-0.4, -0.2) is 15.4 Å². The molecular weight excluding hydrogens is 452 g/mol. The molecule has 0 spiro atoms. The van der Waals surface area contributed by atoms with E-state index in [1.165, 1.54) is 0 Å². The fourth-order valence-corrected chi connectivity index (χ4v) is 0.678. The summed E-state index contributed by atoms with van der Waals surface area (Å²) >= 11 is 0. The molecule has 1 rings (SSSR count). The molecular formula is C12H22Cl2HfNOSi. The number of rotatable bonds is 3. The predicted molar refractivity (Wildman–Crippen MR) is 69.3 cm³/mol. The van der Waals surface area contributed by atoms with Crippen molar-refractivity contribution in [3.63, 3.8) is 0 Å². The summed E-state index contributed by atoms with van der Waals surface area (Å²) in [4.78, 5) is 9.87. The molecule has 1 N–H and O–H groups in total. The van der Waals surface area contributed by atoms with Crippen LogP contribution in [0.3, 0.4) is 0 Å². The van der Waals surface area contributed by atoms with Gasteiger partial charge in [-0.05, 0) is 12.8 Å². The van der Waals surface area contributed by atoms with Crippen molar-refractivity contribution in [2.75, 3.05) is 0 Å². The van der Waals surface area contributed by atoms with Gasteiger partial charge in [0.05, 0.1) is 0 Å². The van der Waals surface area contributed by atoms with Crippen LogP contribution in [0.2, 0.25) is 13.1 Å². The molecule has 0 aliphatic heterocycles. The first-order valence-electron chi connectivity index (χ1n) is 5.39. The Kier molecular flexibility index (Phi) is 52.9. The zero-order valence-corrected chi connectivity index (χ0v) is 17.6. The third kappa shape index (κ3) is 43.8. The van der Waals surface area contributed by atoms with Gasteiger partial charge in [0.2, 0.25) is 0 Å². The van der Waals surface area contributed by atoms with E-state index >= 15 is 0 Å². The predicted octanol–water partition coefficient (Wildman–Crippen LogP) is -2.41. The maximum atomic E-state index is 9.87. The first kappa shape index (κ1) is 31.2. The van der Waals surface area contributed by atoms with Crippen molar-refractivity contribution < 1.29 is 55.5 Å². The first-order valence-corrected chi connectivity index (χ1v) is 7.70. The molecule has 0 saturated carbocycles. The number of hydrogen-bond acceptors (Lipinski definition) is 1. The molecule has 1 radical (unpaired) electrons. The minimum atomic E-state index is -0.443. The SMILES string of the molecule is CCCCC([NH-])=O.C[SiH]C.[C-]1=CC=CC1.[Cl-].[Cl-].[Hf+4]. The Morgan fingerprint density at radius 3 is 2.00 bits per heavy atom. The third-order valence-electron chi connectivity index (χ3n) is 1.34. The van der Waals surface area contributed by atoms with Crippen LogP contribution in [-0.2, 0) is 30.6 Å². The Morgan fingerprint density at radius 1 is 1.39 bits per heavy atom. The Bertz CT molecular complexity index is 193. The first-order chi connectivity index (χ1) is 7.18. The Morgan fingerprint density at radius 2 is 1.89 bits per heavy atom. The van der Waals surface area contributed by atoms with Gasteiger partial charge in [0.1, 0.15) is 0 Å². The van der Waals surface area contributed by atoms with Gasteiger partial charge >= 0.3 is 25.8 Å². The van der Waals surface area contributed by atoms with Gasteiger partial charge in [0, 0.05) is 15.4 Å². The van der Waals surface area contributed by atoms with Crippen LogP contribution in [0.1, 0.15) is 32.6 Å². The number of nitrogens with one attached hydrogen (secondary N) is 1. The summed E-state index contributed by atoms with van der Waals surface area (Å²) in [7, 11) is 0.750. The van der Waals surface area contributed by atoms with E-state index in [0.717, 1.165) is 28.8 Å². The van der Waals surface area contributed by atoms with Gasteiger partial charge in [-0.1, -0.05) is 26.4 Å². The van der Waals surface area contributed by atoms with Crippen molar-refractivity contribution in [2.45, 2.75) is 45.7 Å². The Balaban J connectivity index is -0.0000000461. The summed E-state index contributed by atoms with van der Waals surface area (Å²) in [5.74, 6) is -0.443. The van der Waals surface area contributed by atoms with Crippen molar-refractivity contribution in [2.24, 2.45) is 0 Å². The molecule has 0 bridgehead atoms. The van der Waals surface area contributed by atoms with Gasteiger partial charge in [0.15, 0.2) is 0 Å². The van der Waals surface area contributed by atoms with E-state index in [9.17, 15) is 4.79 Å². The third-order valence-corrected chi connectivity index (χ3v) is 1.34. The molecule has 1 amide bonds. The number of carbonyl (C=O) groups excluding carboxylic acids is 1. The average Bonchev–Trinajstić information content (AvgIpc) is 2.73. The molecule has 0 unspecified atom stereocenters. The zero-order valence-electron chi connectivity index (χ0n) is 11.3. The van der Waals surface area contributed by atoms with Crippen molar-refractivity contribution in [1.29, 1.82) is 0 Å². The van der Waals surface area contributed by atoms with Gasteiger partial charge in [-0.25, -0.2) is 12.2 Å². The molecule has 1 aliphatic rings. The molecule has 0 aromatic carbocycles. The summed E-state index contributed by atoms with van der Waals surface area (Å²) in [5, 5.41) is 0. The van der Waals surface area contributed by atoms with E-state index in [4.69, 9.17) is 5.73 Å². The molecule has 0 saturated heterocycles. The average molecular weight is 474 g/mol. The van der Waals surface area contributed by atoms with E-state index in [2.05, 4.69) is 25.2 Å². The molecule has 103 valence electrons. The molecule has 18 heavy (non-hydrogen) atoms. The van der Waals surface area contributed by atoms with E-state index in [0.29, 0.717) is 6.42 Å². The summed E-state index contributed by atoms with van der Waals surface area (Å²) in [6, 6.07) is 0. The fourth-order valence-electron chi connectivity index (χ4n) is 0.678. The number of unbranched alkanes of at least 4 members (excludes halogenated alkanes) is 1. The minimum Gasteiger partial charge on any atom is -1.00 e. The second-order valence-electron chi connectivity index (χ2n) is 3.11.